The Morgan fingerprint density at radius 1 is 1.06 bits per heavy atom. The van der Waals surface area contributed by atoms with Gasteiger partial charge in [-0.1, -0.05) is 44.2 Å². The summed E-state index contributed by atoms with van der Waals surface area (Å²) in [7, 11) is 0. The molecule has 1 saturated heterocycles. The van der Waals surface area contributed by atoms with Crippen LogP contribution in [0.1, 0.15) is 32.3 Å². The quantitative estimate of drug-likeness (QED) is 0.257. The highest BCUT2D eigenvalue weighted by atomic mass is 32.1. The Labute approximate surface area is 193 Å². The molecule has 4 atom stereocenters. The Balaban J connectivity index is 2.00. The number of carboxylic acid groups (broad SMARTS) is 1. The fourth-order valence-electron chi connectivity index (χ4n) is 3.47. The SMILES string of the molecule is CC(C)C(NC(=O)C1CCCN1)C(=O)NC(CS)C(=O)NC(Cc1ccccc1)C(=O)O. The second kappa shape index (κ2) is 12.4. The van der Waals surface area contributed by atoms with Gasteiger partial charge in [0.1, 0.15) is 18.1 Å². The summed E-state index contributed by atoms with van der Waals surface area (Å²) < 4.78 is 0. The second-order valence-electron chi connectivity index (χ2n) is 8.21. The summed E-state index contributed by atoms with van der Waals surface area (Å²) in [6, 6.07) is 5.57. The molecule has 0 radical (unpaired) electrons. The lowest BCUT2D eigenvalue weighted by Gasteiger charge is -2.26. The van der Waals surface area contributed by atoms with Crippen LogP contribution >= 0.6 is 12.6 Å². The van der Waals surface area contributed by atoms with Crippen LogP contribution in [0.25, 0.3) is 0 Å². The average molecular weight is 465 g/mol. The summed E-state index contributed by atoms with van der Waals surface area (Å²) >= 11 is 4.14. The van der Waals surface area contributed by atoms with Crippen LogP contribution < -0.4 is 21.3 Å². The third-order valence-corrected chi connectivity index (χ3v) is 5.70. The van der Waals surface area contributed by atoms with E-state index in [2.05, 4.69) is 33.9 Å². The van der Waals surface area contributed by atoms with Gasteiger partial charge < -0.3 is 26.4 Å². The molecule has 3 amide bonds. The molecule has 4 unspecified atom stereocenters. The molecule has 1 aliphatic rings. The molecular formula is C22H32N4O5S. The zero-order chi connectivity index (χ0) is 23.7. The first-order valence-electron chi connectivity index (χ1n) is 10.7. The van der Waals surface area contributed by atoms with Crippen molar-refractivity contribution in [1.29, 1.82) is 0 Å². The molecule has 1 aromatic rings. The first-order chi connectivity index (χ1) is 15.2. The molecule has 176 valence electrons. The first kappa shape index (κ1) is 25.7. The molecule has 0 aliphatic carbocycles. The molecule has 0 aromatic heterocycles. The van der Waals surface area contributed by atoms with Crippen molar-refractivity contribution < 1.29 is 24.3 Å². The minimum atomic E-state index is -1.18. The molecular weight excluding hydrogens is 432 g/mol. The minimum Gasteiger partial charge on any atom is -0.480 e. The number of nitrogens with one attached hydrogen (secondary N) is 4. The van der Waals surface area contributed by atoms with E-state index in [1.807, 2.05) is 6.07 Å². The van der Waals surface area contributed by atoms with Crippen molar-refractivity contribution in [3.05, 3.63) is 35.9 Å². The molecule has 32 heavy (non-hydrogen) atoms. The lowest BCUT2D eigenvalue weighted by Crippen LogP contribution is -2.59. The third kappa shape index (κ3) is 7.52. The molecule has 5 N–H and O–H groups in total. The monoisotopic (exact) mass is 464 g/mol. The minimum absolute atomic E-state index is 0.0296. The van der Waals surface area contributed by atoms with E-state index in [9.17, 15) is 24.3 Å². The van der Waals surface area contributed by atoms with Gasteiger partial charge in [-0.05, 0) is 30.9 Å². The van der Waals surface area contributed by atoms with Crippen molar-refractivity contribution in [2.24, 2.45) is 5.92 Å². The van der Waals surface area contributed by atoms with Crippen molar-refractivity contribution in [2.75, 3.05) is 12.3 Å². The Hall–Kier alpha value is -2.59. The predicted octanol–water partition coefficient (Wildman–Crippen LogP) is 0.106. The molecule has 9 nitrogen and oxygen atoms in total. The summed E-state index contributed by atoms with van der Waals surface area (Å²) in [5.41, 5.74) is 0.759. The molecule has 2 rings (SSSR count). The van der Waals surface area contributed by atoms with E-state index in [1.54, 1.807) is 38.1 Å². The molecule has 0 bridgehead atoms. The fourth-order valence-corrected chi connectivity index (χ4v) is 3.73. The van der Waals surface area contributed by atoms with Crippen LogP contribution in [-0.4, -0.2) is 65.3 Å². The van der Waals surface area contributed by atoms with E-state index in [4.69, 9.17) is 0 Å². The smallest absolute Gasteiger partial charge is 0.326 e. The normalized spacial score (nSPS) is 18.4. The zero-order valence-corrected chi connectivity index (χ0v) is 19.2. The summed E-state index contributed by atoms with van der Waals surface area (Å²) in [6.45, 7) is 4.34. The van der Waals surface area contributed by atoms with Gasteiger partial charge in [0.15, 0.2) is 0 Å². The van der Waals surface area contributed by atoms with Gasteiger partial charge in [0, 0.05) is 12.2 Å². The van der Waals surface area contributed by atoms with E-state index >= 15 is 0 Å². The van der Waals surface area contributed by atoms with Crippen LogP contribution in [0.2, 0.25) is 0 Å². The largest absolute Gasteiger partial charge is 0.480 e. The Bertz CT molecular complexity index is 799. The molecule has 1 aromatic carbocycles. The predicted molar refractivity (Wildman–Crippen MR) is 123 cm³/mol. The number of carboxylic acids is 1. The summed E-state index contributed by atoms with van der Waals surface area (Å²) in [4.78, 5) is 49.6. The van der Waals surface area contributed by atoms with Crippen molar-refractivity contribution in [3.63, 3.8) is 0 Å². The number of hydrogen-bond donors (Lipinski definition) is 6. The first-order valence-corrected chi connectivity index (χ1v) is 11.4. The Morgan fingerprint density at radius 2 is 1.72 bits per heavy atom. The number of carbonyl (C=O) groups is 4. The number of thiol groups is 1. The van der Waals surface area contributed by atoms with Crippen LogP contribution in [0.15, 0.2) is 30.3 Å². The van der Waals surface area contributed by atoms with E-state index in [0.29, 0.717) is 6.42 Å². The number of carbonyl (C=O) groups excluding carboxylic acids is 3. The van der Waals surface area contributed by atoms with Crippen molar-refractivity contribution in [3.8, 4) is 0 Å². The van der Waals surface area contributed by atoms with Crippen LogP contribution in [0.4, 0.5) is 0 Å². The maximum absolute atomic E-state index is 12.8. The molecule has 1 fully saturated rings. The molecule has 1 heterocycles. The van der Waals surface area contributed by atoms with Gasteiger partial charge in [-0.3, -0.25) is 14.4 Å². The molecule has 0 spiro atoms. The van der Waals surface area contributed by atoms with E-state index in [0.717, 1.165) is 18.5 Å². The summed E-state index contributed by atoms with van der Waals surface area (Å²) in [5, 5.41) is 20.4. The van der Waals surface area contributed by atoms with Gasteiger partial charge in [-0.25, -0.2) is 4.79 Å². The van der Waals surface area contributed by atoms with Crippen LogP contribution in [0, 0.1) is 5.92 Å². The molecule has 1 aliphatic heterocycles. The Morgan fingerprint density at radius 3 is 2.25 bits per heavy atom. The number of hydrogen-bond acceptors (Lipinski definition) is 6. The Kier molecular flexibility index (Phi) is 9.98. The lowest BCUT2D eigenvalue weighted by atomic mass is 10.0. The van der Waals surface area contributed by atoms with Gasteiger partial charge in [0.25, 0.3) is 0 Å². The second-order valence-corrected chi connectivity index (χ2v) is 8.58. The number of amides is 3. The highest BCUT2D eigenvalue weighted by molar-refractivity contribution is 7.80. The molecule has 0 saturated carbocycles. The van der Waals surface area contributed by atoms with Crippen LogP contribution in [0.3, 0.4) is 0 Å². The number of benzene rings is 1. The third-order valence-electron chi connectivity index (χ3n) is 5.34. The van der Waals surface area contributed by atoms with Crippen LogP contribution in [-0.2, 0) is 25.6 Å². The number of rotatable bonds is 11. The van der Waals surface area contributed by atoms with E-state index in [-0.39, 0.29) is 30.0 Å². The molecule has 10 heteroatoms. The van der Waals surface area contributed by atoms with Crippen LogP contribution in [0.5, 0.6) is 0 Å². The average Bonchev–Trinajstić information content (AvgIpc) is 3.30. The van der Waals surface area contributed by atoms with Crippen molar-refractivity contribution in [2.45, 2.75) is 57.3 Å². The topological polar surface area (TPSA) is 137 Å². The maximum Gasteiger partial charge on any atom is 0.326 e. The van der Waals surface area contributed by atoms with Crippen molar-refractivity contribution in [1.82, 2.24) is 21.3 Å². The standard InChI is InChI=1S/C22H32N4O5S/c1-13(2)18(26-19(27)15-9-6-10-23-15)21(29)25-17(12-32)20(28)24-16(22(30)31)11-14-7-4-3-5-8-14/h3-5,7-8,13,15-18,23,32H,6,9-12H2,1-2H3,(H,24,28)(H,25,29)(H,26,27)(H,30,31). The van der Waals surface area contributed by atoms with Crippen molar-refractivity contribution >= 4 is 36.3 Å². The van der Waals surface area contributed by atoms with E-state index < -0.39 is 35.9 Å². The van der Waals surface area contributed by atoms with Gasteiger partial charge in [-0.2, -0.15) is 12.6 Å². The number of aliphatic carboxylic acids is 1. The van der Waals surface area contributed by atoms with Gasteiger partial charge in [-0.15, -0.1) is 0 Å². The lowest BCUT2D eigenvalue weighted by molar-refractivity contribution is -0.142. The van der Waals surface area contributed by atoms with E-state index in [1.165, 1.54) is 0 Å². The summed E-state index contributed by atoms with van der Waals surface area (Å²) in [5.74, 6) is -2.84. The van der Waals surface area contributed by atoms with Gasteiger partial charge in [0.2, 0.25) is 17.7 Å². The fraction of sp³-hybridized carbons (Fsp3) is 0.545. The highest BCUT2D eigenvalue weighted by Gasteiger charge is 2.32. The van der Waals surface area contributed by atoms with Gasteiger partial charge in [0.05, 0.1) is 6.04 Å². The van der Waals surface area contributed by atoms with Gasteiger partial charge >= 0.3 is 5.97 Å². The zero-order valence-electron chi connectivity index (χ0n) is 18.3. The summed E-state index contributed by atoms with van der Waals surface area (Å²) in [6.07, 6.45) is 1.71. The highest BCUT2D eigenvalue weighted by Crippen LogP contribution is 2.09. The maximum atomic E-state index is 12.8.